The van der Waals surface area contributed by atoms with E-state index in [4.69, 9.17) is 10.5 Å². The van der Waals surface area contributed by atoms with Crippen LogP contribution >= 0.6 is 12.4 Å². The molecule has 21 heavy (non-hydrogen) atoms. The van der Waals surface area contributed by atoms with Gasteiger partial charge in [-0.3, -0.25) is 4.79 Å². The molecule has 3 N–H and O–H groups in total. The number of nitrogens with one attached hydrogen (secondary N) is 1. The summed E-state index contributed by atoms with van der Waals surface area (Å²) in [6.07, 6.45) is 0.405. The summed E-state index contributed by atoms with van der Waals surface area (Å²) in [5, 5.41) is 2.71. The smallest absolute Gasteiger partial charge is 0.328 e. The lowest BCUT2D eigenvalue weighted by molar-refractivity contribution is -0.147. The highest BCUT2D eigenvalue weighted by atomic mass is 35.5. The number of rotatable bonds is 7. The van der Waals surface area contributed by atoms with Crippen LogP contribution < -0.4 is 11.1 Å². The molecule has 1 aromatic rings. The molecule has 2 unspecified atom stereocenters. The summed E-state index contributed by atoms with van der Waals surface area (Å²) < 4.78 is 5.01. The number of esters is 1. The predicted molar refractivity (Wildman–Crippen MR) is 84.2 cm³/mol. The molecule has 0 fully saturated rings. The van der Waals surface area contributed by atoms with Gasteiger partial charge in [0.1, 0.15) is 6.04 Å². The number of benzene rings is 1. The zero-order valence-electron chi connectivity index (χ0n) is 12.4. The van der Waals surface area contributed by atoms with E-state index in [9.17, 15) is 9.59 Å². The third-order valence-electron chi connectivity index (χ3n) is 2.97. The Morgan fingerprint density at radius 3 is 2.43 bits per heavy atom. The van der Waals surface area contributed by atoms with Crippen molar-refractivity contribution < 1.29 is 14.3 Å². The summed E-state index contributed by atoms with van der Waals surface area (Å²) in [7, 11) is 0. The van der Waals surface area contributed by atoms with Gasteiger partial charge in [-0.05, 0) is 12.5 Å². The van der Waals surface area contributed by atoms with E-state index in [1.807, 2.05) is 30.3 Å². The molecule has 0 aliphatic carbocycles. The van der Waals surface area contributed by atoms with Crippen LogP contribution in [0.5, 0.6) is 0 Å². The number of carbonyl (C=O) groups is 2. The van der Waals surface area contributed by atoms with Crippen molar-refractivity contribution >= 4 is 24.3 Å². The summed E-state index contributed by atoms with van der Waals surface area (Å²) in [4.78, 5) is 23.8. The molecule has 1 amide bonds. The summed E-state index contributed by atoms with van der Waals surface area (Å²) >= 11 is 0. The van der Waals surface area contributed by atoms with E-state index in [1.165, 1.54) is 0 Å². The van der Waals surface area contributed by atoms with Gasteiger partial charge < -0.3 is 15.8 Å². The molecular weight excluding hydrogens is 292 g/mol. The Labute approximate surface area is 131 Å². The average molecular weight is 315 g/mol. The fourth-order valence-corrected chi connectivity index (χ4v) is 1.71. The van der Waals surface area contributed by atoms with Crippen LogP contribution in [0.25, 0.3) is 0 Å². The lowest BCUT2D eigenvalue weighted by Crippen LogP contribution is -2.46. The van der Waals surface area contributed by atoms with Crippen molar-refractivity contribution in [2.75, 3.05) is 13.2 Å². The highest BCUT2D eigenvalue weighted by molar-refractivity contribution is 5.86. The Kier molecular flexibility index (Phi) is 9.41. The molecule has 0 radical (unpaired) electrons. The molecule has 0 aliphatic heterocycles. The molecule has 0 aromatic heterocycles. The van der Waals surface area contributed by atoms with Gasteiger partial charge in [-0.2, -0.15) is 0 Å². The van der Waals surface area contributed by atoms with Crippen molar-refractivity contribution in [2.45, 2.75) is 26.3 Å². The number of hydrogen-bond acceptors (Lipinski definition) is 4. The van der Waals surface area contributed by atoms with Crippen molar-refractivity contribution in [2.24, 2.45) is 11.7 Å². The van der Waals surface area contributed by atoms with Gasteiger partial charge in [-0.15, -0.1) is 12.4 Å². The van der Waals surface area contributed by atoms with E-state index >= 15 is 0 Å². The molecule has 1 rings (SSSR count). The average Bonchev–Trinajstić information content (AvgIpc) is 2.46. The lowest BCUT2D eigenvalue weighted by atomic mass is 10.0. The van der Waals surface area contributed by atoms with Crippen LogP contribution in [0.2, 0.25) is 0 Å². The van der Waals surface area contributed by atoms with Gasteiger partial charge >= 0.3 is 5.97 Å². The van der Waals surface area contributed by atoms with E-state index in [1.54, 1.807) is 13.8 Å². The molecule has 118 valence electrons. The minimum atomic E-state index is -0.682. The second-order valence-electron chi connectivity index (χ2n) is 4.64. The first-order chi connectivity index (χ1) is 9.58. The van der Waals surface area contributed by atoms with Gasteiger partial charge in [0.25, 0.3) is 0 Å². The van der Waals surface area contributed by atoms with E-state index in [0.29, 0.717) is 6.42 Å². The fraction of sp³-hybridized carbons (Fsp3) is 0.467. The Bertz CT molecular complexity index is 440. The minimum absolute atomic E-state index is 0. The zero-order chi connectivity index (χ0) is 15.0. The third-order valence-corrected chi connectivity index (χ3v) is 2.97. The Balaban J connectivity index is 0.00000400. The molecule has 0 spiro atoms. The Morgan fingerprint density at radius 2 is 1.90 bits per heavy atom. The quantitative estimate of drug-likeness (QED) is 0.743. The first-order valence-corrected chi connectivity index (χ1v) is 6.79. The first kappa shape index (κ1) is 19.4. The van der Waals surface area contributed by atoms with Crippen LogP contribution in [0.15, 0.2) is 30.3 Å². The molecule has 0 bridgehead atoms. The topological polar surface area (TPSA) is 81.4 Å². The first-order valence-electron chi connectivity index (χ1n) is 6.79. The second-order valence-corrected chi connectivity index (χ2v) is 4.64. The van der Waals surface area contributed by atoms with Crippen molar-refractivity contribution in [3.63, 3.8) is 0 Å². The summed E-state index contributed by atoms with van der Waals surface area (Å²) in [5.74, 6) is -0.988. The van der Waals surface area contributed by atoms with Gasteiger partial charge in [0, 0.05) is 18.9 Å². The fourth-order valence-electron chi connectivity index (χ4n) is 1.71. The van der Waals surface area contributed by atoms with E-state index in [2.05, 4.69) is 5.32 Å². The lowest BCUT2D eigenvalue weighted by Gasteiger charge is -2.19. The van der Waals surface area contributed by atoms with Crippen LogP contribution in [-0.2, 0) is 20.7 Å². The number of carbonyl (C=O) groups excluding carboxylic acids is 2. The van der Waals surface area contributed by atoms with Crippen molar-refractivity contribution in [3.05, 3.63) is 35.9 Å². The normalized spacial score (nSPS) is 12.7. The summed E-state index contributed by atoms with van der Waals surface area (Å²) in [6, 6.07) is 8.82. The molecule has 0 saturated carbocycles. The van der Waals surface area contributed by atoms with Gasteiger partial charge in [0.15, 0.2) is 0 Å². The highest BCUT2D eigenvalue weighted by Gasteiger charge is 2.24. The number of ether oxygens (including phenoxy) is 1. The number of halogens is 1. The standard InChI is InChI=1S/C15H22N2O3.ClH/c1-3-20-15(19)13(17-14(18)11(2)10-16)9-12-7-5-4-6-8-12;/h4-8,11,13H,3,9-10,16H2,1-2H3,(H,17,18);1H. The van der Waals surface area contributed by atoms with E-state index in [-0.39, 0.29) is 37.4 Å². The maximum atomic E-state index is 11.9. The second kappa shape index (κ2) is 10.2. The van der Waals surface area contributed by atoms with Gasteiger partial charge in [-0.1, -0.05) is 37.3 Å². The Hall–Kier alpha value is -1.59. The molecule has 2 atom stereocenters. The van der Waals surface area contributed by atoms with Crippen LogP contribution in [-0.4, -0.2) is 31.1 Å². The summed E-state index contributed by atoms with van der Waals surface area (Å²) in [5.41, 5.74) is 6.42. The molecule has 1 aromatic carbocycles. The van der Waals surface area contributed by atoms with Crippen LogP contribution in [0.1, 0.15) is 19.4 Å². The van der Waals surface area contributed by atoms with Crippen LogP contribution in [0.4, 0.5) is 0 Å². The zero-order valence-corrected chi connectivity index (χ0v) is 13.2. The largest absolute Gasteiger partial charge is 0.464 e. The highest BCUT2D eigenvalue weighted by Crippen LogP contribution is 2.06. The van der Waals surface area contributed by atoms with Gasteiger partial charge in [0.05, 0.1) is 6.61 Å². The number of hydrogen-bond donors (Lipinski definition) is 2. The molecule has 0 heterocycles. The molecule has 6 heteroatoms. The Morgan fingerprint density at radius 1 is 1.29 bits per heavy atom. The van der Waals surface area contributed by atoms with Crippen LogP contribution in [0.3, 0.4) is 0 Å². The predicted octanol–water partition coefficient (Wildman–Crippen LogP) is 1.29. The van der Waals surface area contributed by atoms with Crippen LogP contribution in [0, 0.1) is 5.92 Å². The molecule has 0 aliphatic rings. The van der Waals surface area contributed by atoms with E-state index in [0.717, 1.165) is 5.56 Å². The van der Waals surface area contributed by atoms with Gasteiger partial charge in [-0.25, -0.2) is 4.79 Å². The maximum Gasteiger partial charge on any atom is 0.328 e. The monoisotopic (exact) mass is 314 g/mol. The minimum Gasteiger partial charge on any atom is -0.464 e. The van der Waals surface area contributed by atoms with Crippen molar-refractivity contribution in [1.82, 2.24) is 5.32 Å². The number of nitrogens with two attached hydrogens (primary N) is 1. The summed E-state index contributed by atoms with van der Waals surface area (Å²) in [6.45, 7) is 3.99. The maximum absolute atomic E-state index is 11.9. The van der Waals surface area contributed by atoms with Gasteiger partial charge in [0.2, 0.25) is 5.91 Å². The van der Waals surface area contributed by atoms with Crippen molar-refractivity contribution in [1.29, 1.82) is 0 Å². The third kappa shape index (κ3) is 6.60. The molecule has 5 nitrogen and oxygen atoms in total. The van der Waals surface area contributed by atoms with E-state index < -0.39 is 12.0 Å². The SMILES string of the molecule is CCOC(=O)C(Cc1ccccc1)NC(=O)C(C)CN.Cl. The number of amides is 1. The van der Waals surface area contributed by atoms with Crippen molar-refractivity contribution in [3.8, 4) is 0 Å². The molecular formula is C15H23ClN2O3. The molecule has 0 saturated heterocycles.